The molecule has 19 heteroatoms. The van der Waals surface area contributed by atoms with Gasteiger partial charge in [0, 0.05) is 82.3 Å². The van der Waals surface area contributed by atoms with Crippen molar-refractivity contribution >= 4 is 71.9 Å². The topological polar surface area (TPSA) is 141 Å². The van der Waals surface area contributed by atoms with Crippen LogP contribution in [0.5, 0.6) is 0 Å². The number of benzene rings is 5. The molecule has 353 valence electrons. The van der Waals surface area contributed by atoms with Crippen LogP contribution >= 0.6 is 23.4 Å². The van der Waals surface area contributed by atoms with E-state index in [1.54, 1.807) is 37.3 Å². The van der Waals surface area contributed by atoms with E-state index in [4.69, 9.17) is 11.6 Å². The fraction of sp³-hybridized carbons (Fsp3) is 0.250. The average Bonchev–Trinajstić information content (AvgIpc) is 3.61. The number of rotatable bonds is 16. The minimum absolute atomic E-state index is 0.0724. The normalized spacial score (nSPS) is 14.1. The van der Waals surface area contributed by atoms with E-state index in [9.17, 15) is 39.9 Å². The van der Waals surface area contributed by atoms with Crippen molar-refractivity contribution in [1.82, 2.24) is 4.57 Å². The van der Waals surface area contributed by atoms with Crippen molar-refractivity contribution in [1.29, 1.82) is 0 Å². The first-order chi connectivity index (χ1) is 31.7. The molecular weight excluding hydrogens is 950 g/mol. The number of aromatic nitrogens is 1. The quantitative estimate of drug-likeness (QED) is 0.0634. The number of anilines is 4. The summed E-state index contributed by atoms with van der Waals surface area (Å²) >= 11 is 7.60. The summed E-state index contributed by atoms with van der Waals surface area (Å²) in [7, 11) is -10.6. The lowest BCUT2D eigenvalue weighted by Gasteiger charge is -2.37. The van der Waals surface area contributed by atoms with Crippen molar-refractivity contribution in [2.75, 3.05) is 51.8 Å². The van der Waals surface area contributed by atoms with E-state index >= 15 is 4.39 Å². The SMILES string of the molecule is [CH2]C[C@H](CSc1ccccc1)Nc1ccc(S(=O)(=O)Nc2ccc(N3CCN(c4cc(F)cc(-c5c(C(=O)O)c(C)n(C(C)C)c5-c5ccc(Cl)cc5)c4)CC3)cc2)cc1S(=O)(=O)C(F)(F)F. The Kier molecular flexibility index (Phi) is 14.6. The lowest BCUT2D eigenvalue weighted by atomic mass is 9.96. The van der Waals surface area contributed by atoms with Crippen LogP contribution in [0.1, 0.15) is 42.4 Å². The number of nitrogens with zero attached hydrogens (tertiary/aromatic N) is 3. The number of carboxylic acids is 1. The first-order valence-corrected chi connectivity index (χ1v) is 25.4. The molecule has 3 N–H and O–H groups in total. The second-order valence-corrected chi connectivity index (χ2v) is 21.3. The minimum Gasteiger partial charge on any atom is -0.478 e. The molecule has 1 saturated heterocycles. The molecule has 0 unspecified atom stereocenters. The lowest BCUT2D eigenvalue weighted by Crippen LogP contribution is -2.46. The molecule has 2 heterocycles. The van der Waals surface area contributed by atoms with Crippen LogP contribution in [0.25, 0.3) is 22.4 Å². The van der Waals surface area contributed by atoms with E-state index < -0.39 is 58.7 Å². The maximum Gasteiger partial charge on any atom is 0.501 e. The predicted octanol–water partition coefficient (Wildman–Crippen LogP) is 11.4. The van der Waals surface area contributed by atoms with Gasteiger partial charge in [-0.15, -0.1) is 11.8 Å². The molecule has 0 amide bonds. The summed E-state index contributed by atoms with van der Waals surface area (Å²) in [6.07, 6.45) is 0.185. The molecule has 0 saturated carbocycles. The van der Waals surface area contributed by atoms with Crippen molar-refractivity contribution in [2.24, 2.45) is 0 Å². The summed E-state index contributed by atoms with van der Waals surface area (Å²) < 4.78 is 115. The Morgan fingerprint density at radius 2 is 1.46 bits per heavy atom. The van der Waals surface area contributed by atoms with Gasteiger partial charge >= 0.3 is 11.5 Å². The fourth-order valence-corrected chi connectivity index (χ4v) is 11.4. The zero-order chi connectivity index (χ0) is 48.4. The van der Waals surface area contributed by atoms with Crippen LogP contribution in [-0.4, -0.2) is 76.0 Å². The molecule has 0 bridgehead atoms. The highest BCUT2D eigenvalue weighted by molar-refractivity contribution is 7.99. The highest BCUT2D eigenvalue weighted by atomic mass is 35.5. The zero-order valence-electron chi connectivity index (χ0n) is 36.5. The number of alkyl halides is 3. The summed E-state index contributed by atoms with van der Waals surface area (Å²) in [6, 6.07) is 28.9. The number of sulfone groups is 1. The van der Waals surface area contributed by atoms with Gasteiger partial charge in [-0.05, 0) is 123 Å². The van der Waals surface area contributed by atoms with Crippen LogP contribution < -0.4 is 19.8 Å². The van der Waals surface area contributed by atoms with Crippen molar-refractivity contribution in [3.05, 3.63) is 144 Å². The number of hydrogen-bond donors (Lipinski definition) is 3. The van der Waals surface area contributed by atoms with E-state index in [0.717, 1.165) is 28.3 Å². The van der Waals surface area contributed by atoms with Crippen molar-refractivity contribution in [3.8, 4) is 22.4 Å². The van der Waals surface area contributed by atoms with E-state index in [2.05, 4.69) is 17.0 Å². The molecule has 67 heavy (non-hydrogen) atoms. The summed E-state index contributed by atoms with van der Waals surface area (Å²) in [5.74, 6) is -1.34. The number of nitrogens with one attached hydrogen (secondary N) is 2. The van der Waals surface area contributed by atoms with Crippen LogP contribution in [0.2, 0.25) is 5.02 Å². The Bertz CT molecular complexity index is 2980. The molecule has 1 radical (unpaired) electrons. The third-order valence-electron chi connectivity index (χ3n) is 11.4. The molecule has 1 aliphatic rings. The van der Waals surface area contributed by atoms with Gasteiger partial charge in [-0.25, -0.2) is 26.0 Å². The highest BCUT2D eigenvalue weighted by Crippen LogP contribution is 2.43. The predicted molar refractivity (Wildman–Crippen MR) is 258 cm³/mol. The average molecular weight is 998 g/mol. The molecule has 7 rings (SSSR count). The number of sulfonamides is 1. The second-order valence-electron chi connectivity index (χ2n) is 16.1. The minimum atomic E-state index is -6.00. The Morgan fingerprint density at radius 1 is 0.836 bits per heavy atom. The monoisotopic (exact) mass is 996 g/mol. The summed E-state index contributed by atoms with van der Waals surface area (Å²) in [5, 5.41) is 13.8. The van der Waals surface area contributed by atoms with Gasteiger partial charge in [-0.1, -0.05) is 48.9 Å². The molecule has 0 spiro atoms. The molecule has 11 nitrogen and oxygen atoms in total. The molecular formula is C48H47ClF4N5O6S3. The molecule has 1 fully saturated rings. The van der Waals surface area contributed by atoms with Crippen molar-refractivity contribution in [3.63, 3.8) is 0 Å². The van der Waals surface area contributed by atoms with E-state index in [0.29, 0.717) is 71.2 Å². The van der Waals surface area contributed by atoms with Gasteiger partial charge in [0.05, 0.1) is 21.8 Å². The van der Waals surface area contributed by atoms with E-state index in [-0.39, 0.29) is 23.7 Å². The number of aromatic carboxylic acids is 1. The number of piperazine rings is 1. The van der Waals surface area contributed by atoms with Gasteiger partial charge in [-0.2, -0.15) is 13.2 Å². The molecule has 1 aromatic heterocycles. The summed E-state index contributed by atoms with van der Waals surface area (Å²) in [5.41, 5.74) is -2.00. The summed E-state index contributed by atoms with van der Waals surface area (Å²) in [6.45, 7) is 11.3. The molecule has 6 aromatic rings. The van der Waals surface area contributed by atoms with Gasteiger partial charge in [-0.3, -0.25) is 4.72 Å². The van der Waals surface area contributed by atoms with Crippen LogP contribution in [-0.2, 0) is 19.9 Å². The maximum absolute atomic E-state index is 15.6. The van der Waals surface area contributed by atoms with Gasteiger partial charge < -0.3 is 24.8 Å². The zero-order valence-corrected chi connectivity index (χ0v) is 39.7. The van der Waals surface area contributed by atoms with Crippen LogP contribution in [0.15, 0.2) is 130 Å². The molecule has 0 aliphatic carbocycles. The Hall–Kier alpha value is -5.69. The summed E-state index contributed by atoms with van der Waals surface area (Å²) in [4.78, 5) is 15.8. The Balaban J connectivity index is 1.07. The second kappa shape index (κ2) is 19.9. The van der Waals surface area contributed by atoms with Crippen molar-refractivity contribution in [2.45, 2.75) is 59.5 Å². The molecule has 1 aliphatic heterocycles. The van der Waals surface area contributed by atoms with Crippen LogP contribution in [0.3, 0.4) is 0 Å². The van der Waals surface area contributed by atoms with Crippen LogP contribution in [0, 0.1) is 19.7 Å². The fourth-order valence-electron chi connectivity index (χ4n) is 8.13. The smallest absolute Gasteiger partial charge is 0.478 e. The Morgan fingerprint density at radius 3 is 2.04 bits per heavy atom. The molecule has 5 aromatic carbocycles. The van der Waals surface area contributed by atoms with Gasteiger partial charge in [0.15, 0.2) is 0 Å². The largest absolute Gasteiger partial charge is 0.501 e. The first kappa shape index (κ1) is 49.2. The maximum atomic E-state index is 15.6. The third-order valence-corrected chi connectivity index (χ3v) is 15.7. The van der Waals surface area contributed by atoms with Gasteiger partial charge in [0.25, 0.3) is 19.9 Å². The molecule has 1 atom stereocenters. The third kappa shape index (κ3) is 10.7. The highest BCUT2D eigenvalue weighted by Gasteiger charge is 2.48. The van der Waals surface area contributed by atoms with Gasteiger partial charge in [0.2, 0.25) is 0 Å². The number of hydrogen-bond acceptors (Lipinski definition) is 9. The number of thioether (sulfide) groups is 1. The van der Waals surface area contributed by atoms with E-state index in [1.807, 2.05) is 70.7 Å². The number of halogens is 5. The lowest BCUT2D eigenvalue weighted by molar-refractivity contribution is -0.0435. The Labute approximate surface area is 396 Å². The number of carboxylic acid groups (broad SMARTS) is 1. The van der Waals surface area contributed by atoms with Crippen molar-refractivity contribution < 1.29 is 44.3 Å². The number of carbonyl (C=O) groups is 1. The first-order valence-electron chi connectivity index (χ1n) is 21.0. The standard InChI is InChI=1S/C48H47ClF4N5O6S3/c1-5-36(29-65-40-9-7-6-8-10-40)54-42-20-19-41(28-43(42)66(61,62)48(51,52)53)67(63,64)55-37-15-17-38(18-16-37)56-21-23-57(24-22-56)39-26-33(25-35(50)27-39)45-44(47(59)60)31(4)58(30(2)3)46(45)32-11-13-34(49)14-12-32/h6-20,25-28,30,36,54-55H,1,5,21-24,29H2,2-4H3,(H,59,60)/t36-/m1/s1. The van der Waals surface area contributed by atoms with Crippen LogP contribution in [0.4, 0.5) is 40.3 Å². The van der Waals surface area contributed by atoms with Gasteiger partial charge in [0.1, 0.15) is 10.7 Å². The van der Waals surface area contributed by atoms with E-state index in [1.165, 1.54) is 36.0 Å².